The average Bonchev–Trinajstić information content (AvgIpc) is 3.73. The third-order valence-corrected chi connectivity index (χ3v) is 7.02. The Hall–Kier alpha value is -2.81. The third kappa shape index (κ3) is 9.82. The maximum Gasteiger partial charge on any atom is 0.240 e. The molecule has 0 saturated heterocycles. The number of nitrogens with zero attached hydrogens (tertiary/aromatic N) is 1. The second-order valence-corrected chi connectivity index (χ2v) is 10.4. The monoisotopic (exact) mass is 562 g/mol. The third-order valence-electron chi connectivity index (χ3n) is 6.28. The Bertz CT molecular complexity index is 1110. The molecule has 38 heavy (non-hydrogen) atoms. The summed E-state index contributed by atoms with van der Waals surface area (Å²) in [4.78, 5) is 38.2. The number of benzene rings is 2. The number of likely N-dealkylation sites (N-methyl/N-ethyl adjacent to an activating group) is 1. The molecule has 0 bridgehead atoms. The molecule has 0 radical (unpaired) electrons. The molecule has 2 aromatic rings. The molecule has 2 aromatic carbocycles. The molecule has 3 amide bonds. The molecule has 3 N–H and O–H groups in total. The van der Waals surface area contributed by atoms with Crippen molar-refractivity contribution in [3.05, 3.63) is 63.6 Å². The van der Waals surface area contributed by atoms with Crippen LogP contribution in [0.5, 0.6) is 5.75 Å². The first-order valence-corrected chi connectivity index (χ1v) is 13.6. The quantitative estimate of drug-likeness (QED) is 0.494. The van der Waals surface area contributed by atoms with Gasteiger partial charge in [-0.15, -0.1) is 0 Å². The predicted molar refractivity (Wildman–Crippen MR) is 150 cm³/mol. The molecule has 1 aliphatic heterocycles. The number of hydrogen-bond acceptors (Lipinski definition) is 5. The molecule has 1 aliphatic carbocycles. The second kappa shape index (κ2) is 15.0. The largest absolute Gasteiger partial charge is 0.492 e. The Morgan fingerprint density at radius 1 is 0.947 bits per heavy atom. The molecule has 1 fully saturated rings. The van der Waals surface area contributed by atoms with E-state index in [-0.39, 0.29) is 36.9 Å². The van der Waals surface area contributed by atoms with Crippen LogP contribution in [0.15, 0.2) is 42.5 Å². The lowest BCUT2D eigenvalue weighted by Crippen LogP contribution is -2.50. The Balaban J connectivity index is 0.000000375. The summed E-state index contributed by atoms with van der Waals surface area (Å²) in [5.74, 6) is 0.449. The summed E-state index contributed by atoms with van der Waals surface area (Å²) in [5, 5.41) is 9.92. The van der Waals surface area contributed by atoms with Crippen LogP contribution >= 0.6 is 23.2 Å². The highest BCUT2D eigenvalue weighted by atomic mass is 35.5. The Morgan fingerprint density at radius 2 is 1.71 bits per heavy atom. The molecule has 1 saturated carbocycles. The molecule has 2 aliphatic rings. The minimum absolute atomic E-state index is 0.0686. The molecular formula is C28H36Cl2N4O4. The van der Waals surface area contributed by atoms with Gasteiger partial charge in [0.2, 0.25) is 17.7 Å². The molecule has 206 valence electrons. The molecule has 1 unspecified atom stereocenters. The number of carbonyl (C=O) groups is 3. The van der Waals surface area contributed by atoms with Gasteiger partial charge in [-0.05, 0) is 67.9 Å². The van der Waals surface area contributed by atoms with Crippen LogP contribution in [0.1, 0.15) is 30.4 Å². The van der Waals surface area contributed by atoms with Gasteiger partial charge in [0.1, 0.15) is 12.4 Å². The molecule has 1 atom stereocenters. The molecular weight excluding hydrogens is 527 g/mol. The van der Waals surface area contributed by atoms with Crippen molar-refractivity contribution in [2.45, 2.75) is 38.6 Å². The van der Waals surface area contributed by atoms with E-state index in [9.17, 15) is 14.4 Å². The summed E-state index contributed by atoms with van der Waals surface area (Å²) in [6, 6.07) is 13.1. The summed E-state index contributed by atoms with van der Waals surface area (Å²) >= 11 is 11.3. The first-order valence-electron chi connectivity index (χ1n) is 12.9. The summed E-state index contributed by atoms with van der Waals surface area (Å²) in [7, 11) is 1.62. The lowest BCUT2D eigenvalue weighted by atomic mass is 10.1. The smallest absolute Gasteiger partial charge is 0.240 e. The average molecular weight is 564 g/mol. The molecule has 8 nitrogen and oxygen atoms in total. The summed E-state index contributed by atoms with van der Waals surface area (Å²) < 4.78 is 5.94. The number of fused-ring (bicyclic) bond motifs is 1. The van der Waals surface area contributed by atoms with Crippen LogP contribution < -0.4 is 20.7 Å². The Labute approximate surface area is 234 Å². The summed E-state index contributed by atoms with van der Waals surface area (Å²) in [6.45, 7) is 3.34. The fraction of sp³-hybridized carbons (Fsp3) is 0.464. The number of halogens is 2. The zero-order valence-corrected chi connectivity index (χ0v) is 23.4. The van der Waals surface area contributed by atoms with Crippen molar-refractivity contribution >= 4 is 40.9 Å². The van der Waals surface area contributed by atoms with Crippen molar-refractivity contribution in [1.82, 2.24) is 20.9 Å². The zero-order chi connectivity index (χ0) is 27.5. The van der Waals surface area contributed by atoms with Crippen molar-refractivity contribution in [2.75, 3.05) is 39.8 Å². The maximum absolute atomic E-state index is 12.8. The number of para-hydroxylation sites is 1. The van der Waals surface area contributed by atoms with Gasteiger partial charge in [-0.3, -0.25) is 14.4 Å². The van der Waals surface area contributed by atoms with Gasteiger partial charge in [0.15, 0.2) is 0 Å². The van der Waals surface area contributed by atoms with Crippen LogP contribution in [0, 0.1) is 12.8 Å². The minimum Gasteiger partial charge on any atom is -0.492 e. The van der Waals surface area contributed by atoms with Crippen LogP contribution in [-0.4, -0.2) is 68.5 Å². The highest BCUT2D eigenvalue weighted by Gasteiger charge is 2.37. The van der Waals surface area contributed by atoms with Crippen molar-refractivity contribution in [3.63, 3.8) is 0 Å². The SMILES string of the molecule is CN1CC(=O)NCC(=O)NCCCc2ccccc2OCCNC(C2CC2)C1=O.Cc1ccc(Cl)c(Cl)c1. The fourth-order valence-electron chi connectivity index (χ4n) is 4.05. The number of nitrogens with one attached hydrogen (secondary N) is 3. The minimum atomic E-state index is -0.344. The van der Waals surface area contributed by atoms with E-state index in [0.29, 0.717) is 35.7 Å². The van der Waals surface area contributed by atoms with E-state index in [0.717, 1.165) is 42.6 Å². The van der Waals surface area contributed by atoms with Gasteiger partial charge >= 0.3 is 0 Å². The van der Waals surface area contributed by atoms with E-state index in [1.165, 1.54) is 4.90 Å². The number of rotatable bonds is 1. The lowest BCUT2D eigenvalue weighted by Gasteiger charge is -2.24. The van der Waals surface area contributed by atoms with Crippen LogP contribution in [0.4, 0.5) is 0 Å². The van der Waals surface area contributed by atoms with Crippen LogP contribution in [-0.2, 0) is 20.8 Å². The summed E-state index contributed by atoms with van der Waals surface area (Å²) in [6.07, 6.45) is 3.57. The van der Waals surface area contributed by atoms with Gasteiger partial charge in [0.05, 0.1) is 29.2 Å². The summed E-state index contributed by atoms with van der Waals surface area (Å²) in [5.41, 5.74) is 2.22. The van der Waals surface area contributed by atoms with Crippen LogP contribution in [0.3, 0.4) is 0 Å². The van der Waals surface area contributed by atoms with E-state index in [4.69, 9.17) is 27.9 Å². The van der Waals surface area contributed by atoms with E-state index in [2.05, 4.69) is 16.0 Å². The molecule has 4 rings (SSSR count). The van der Waals surface area contributed by atoms with Crippen molar-refractivity contribution < 1.29 is 19.1 Å². The van der Waals surface area contributed by atoms with E-state index >= 15 is 0 Å². The van der Waals surface area contributed by atoms with Crippen molar-refractivity contribution in [3.8, 4) is 5.75 Å². The van der Waals surface area contributed by atoms with Crippen LogP contribution in [0.2, 0.25) is 10.0 Å². The van der Waals surface area contributed by atoms with Crippen LogP contribution in [0.25, 0.3) is 0 Å². The fourth-order valence-corrected chi connectivity index (χ4v) is 4.40. The number of hydrogen-bond donors (Lipinski definition) is 3. The standard InChI is InChI=1S/C21H30N4O4.C7H6Cl2/c1-25-14-19(27)24-13-18(26)22-10-4-6-15-5-2-3-7-17(15)29-12-11-23-20(21(25)28)16-8-9-16;1-5-2-3-6(8)7(9)4-5/h2-3,5,7,16,20,23H,4,6,8-14H2,1H3,(H,22,26)(H,24,27);2-4H,1H3. The number of carbonyl (C=O) groups excluding carboxylic acids is 3. The zero-order valence-electron chi connectivity index (χ0n) is 21.9. The van der Waals surface area contributed by atoms with Gasteiger partial charge in [-0.2, -0.15) is 0 Å². The predicted octanol–water partition coefficient (Wildman–Crippen LogP) is 3.37. The number of ether oxygens (including phenoxy) is 1. The second-order valence-electron chi connectivity index (χ2n) is 9.57. The lowest BCUT2D eigenvalue weighted by molar-refractivity contribution is -0.137. The first kappa shape index (κ1) is 29.7. The highest BCUT2D eigenvalue weighted by molar-refractivity contribution is 6.42. The molecule has 0 spiro atoms. The Kier molecular flexibility index (Phi) is 11.7. The normalized spacial score (nSPS) is 19.9. The number of aryl methyl sites for hydroxylation is 2. The first-order chi connectivity index (χ1) is 18.2. The van der Waals surface area contributed by atoms with Gasteiger partial charge in [-0.1, -0.05) is 47.5 Å². The number of amides is 3. The van der Waals surface area contributed by atoms with Gasteiger partial charge < -0.3 is 25.6 Å². The van der Waals surface area contributed by atoms with E-state index in [1.54, 1.807) is 13.1 Å². The van der Waals surface area contributed by atoms with Gasteiger partial charge in [0, 0.05) is 20.1 Å². The highest BCUT2D eigenvalue weighted by Crippen LogP contribution is 2.33. The van der Waals surface area contributed by atoms with Crippen molar-refractivity contribution in [1.29, 1.82) is 0 Å². The van der Waals surface area contributed by atoms with E-state index in [1.807, 2.05) is 43.3 Å². The van der Waals surface area contributed by atoms with Gasteiger partial charge in [-0.25, -0.2) is 0 Å². The molecule has 0 aromatic heterocycles. The van der Waals surface area contributed by atoms with Gasteiger partial charge in [0.25, 0.3) is 0 Å². The maximum atomic E-state index is 12.8. The molecule has 1 heterocycles. The topological polar surface area (TPSA) is 99.8 Å². The van der Waals surface area contributed by atoms with E-state index < -0.39 is 0 Å². The molecule has 10 heteroatoms. The Morgan fingerprint density at radius 3 is 2.42 bits per heavy atom. The van der Waals surface area contributed by atoms with Crippen molar-refractivity contribution in [2.24, 2.45) is 5.92 Å².